The standard InChI is InChI=1S/C15H24N2O3S/c1-4-20-13-6-5-9-17(10-13)21(18,19)15-11(2)7-8-14(16)12(15)3/h7-8,13H,4-6,9-10,16H2,1-3H3. The van der Waals surface area contributed by atoms with Gasteiger partial charge in [0.2, 0.25) is 10.0 Å². The van der Waals surface area contributed by atoms with Gasteiger partial charge >= 0.3 is 0 Å². The molecule has 1 aromatic carbocycles. The Balaban J connectivity index is 2.36. The maximum atomic E-state index is 12.9. The Bertz CT molecular complexity index is 612. The Morgan fingerprint density at radius 1 is 1.38 bits per heavy atom. The molecule has 1 aromatic rings. The summed E-state index contributed by atoms with van der Waals surface area (Å²) in [6, 6.07) is 3.52. The molecule has 1 aliphatic heterocycles. The molecule has 0 spiro atoms. The van der Waals surface area contributed by atoms with Crippen LogP contribution in [0.25, 0.3) is 0 Å². The molecule has 2 rings (SSSR count). The van der Waals surface area contributed by atoms with E-state index < -0.39 is 10.0 Å². The Morgan fingerprint density at radius 2 is 2.10 bits per heavy atom. The molecule has 1 heterocycles. The number of sulfonamides is 1. The molecule has 1 fully saturated rings. The van der Waals surface area contributed by atoms with Gasteiger partial charge in [0, 0.05) is 25.4 Å². The Labute approximate surface area is 127 Å². The van der Waals surface area contributed by atoms with E-state index in [-0.39, 0.29) is 6.10 Å². The third-order valence-corrected chi connectivity index (χ3v) is 6.14. The van der Waals surface area contributed by atoms with E-state index in [9.17, 15) is 8.42 Å². The molecule has 1 saturated heterocycles. The predicted octanol–water partition coefficient (Wildman–Crippen LogP) is 2.08. The first-order valence-corrected chi connectivity index (χ1v) is 8.79. The number of ether oxygens (including phenoxy) is 1. The number of nitrogens with zero attached hydrogens (tertiary/aromatic N) is 1. The smallest absolute Gasteiger partial charge is 0.243 e. The van der Waals surface area contributed by atoms with Crippen LogP contribution in [0.4, 0.5) is 5.69 Å². The number of hydrogen-bond donors (Lipinski definition) is 1. The SMILES string of the molecule is CCOC1CCCN(S(=O)(=O)c2c(C)ccc(N)c2C)C1. The highest BCUT2D eigenvalue weighted by Gasteiger charge is 2.32. The minimum Gasteiger partial charge on any atom is -0.398 e. The van der Waals surface area contributed by atoms with E-state index in [0.717, 1.165) is 18.4 Å². The first-order valence-electron chi connectivity index (χ1n) is 7.35. The molecule has 1 aliphatic rings. The molecule has 118 valence electrons. The van der Waals surface area contributed by atoms with Crippen LogP contribution in [0.15, 0.2) is 17.0 Å². The molecule has 2 N–H and O–H groups in total. The van der Waals surface area contributed by atoms with E-state index in [1.807, 2.05) is 13.8 Å². The maximum Gasteiger partial charge on any atom is 0.243 e. The molecular weight excluding hydrogens is 288 g/mol. The van der Waals surface area contributed by atoms with E-state index in [1.165, 1.54) is 4.31 Å². The van der Waals surface area contributed by atoms with Gasteiger partial charge in [0.25, 0.3) is 0 Å². The number of nitrogen functional groups attached to an aromatic ring is 1. The largest absolute Gasteiger partial charge is 0.398 e. The van der Waals surface area contributed by atoms with Crippen LogP contribution >= 0.6 is 0 Å². The fourth-order valence-corrected chi connectivity index (χ4v) is 4.83. The molecule has 1 atom stereocenters. The van der Waals surface area contributed by atoms with Gasteiger partial charge in [-0.15, -0.1) is 0 Å². The number of anilines is 1. The van der Waals surface area contributed by atoms with Gasteiger partial charge in [-0.2, -0.15) is 4.31 Å². The number of hydrogen-bond acceptors (Lipinski definition) is 4. The van der Waals surface area contributed by atoms with Crippen molar-refractivity contribution >= 4 is 15.7 Å². The predicted molar refractivity (Wildman–Crippen MR) is 83.7 cm³/mol. The molecule has 0 bridgehead atoms. The van der Waals surface area contributed by atoms with Gasteiger partial charge in [0.15, 0.2) is 0 Å². The first-order chi connectivity index (χ1) is 9.87. The van der Waals surface area contributed by atoms with Crippen LogP contribution in [0, 0.1) is 13.8 Å². The number of nitrogens with two attached hydrogens (primary N) is 1. The summed E-state index contributed by atoms with van der Waals surface area (Å²) in [5.74, 6) is 0. The molecule has 0 saturated carbocycles. The van der Waals surface area contributed by atoms with Crippen molar-refractivity contribution in [1.29, 1.82) is 0 Å². The summed E-state index contributed by atoms with van der Waals surface area (Å²) in [7, 11) is -3.52. The molecule has 0 radical (unpaired) electrons. The summed E-state index contributed by atoms with van der Waals surface area (Å²) in [4.78, 5) is 0.347. The van der Waals surface area contributed by atoms with Crippen molar-refractivity contribution in [3.05, 3.63) is 23.3 Å². The number of piperidine rings is 1. The molecule has 6 heteroatoms. The van der Waals surface area contributed by atoms with Gasteiger partial charge in [-0.3, -0.25) is 0 Å². The zero-order valence-corrected chi connectivity index (χ0v) is 13.7. The van der Waals surface area contributed by atoms with Crippen molar-refractivity contribution in [1.82, 2.24) is 4.31 Å². The lowest BCUT2D eigenvalue weighted by molar-refractivity contribution is 0.0265. The second kappa shape index (κ2) is 6.34. The molecule has 21 heavy (non-hydrogen) atoms. The third kappa shape index (κ3) is 3.22. The van der Waals surface area contributed by atoms with Gasteiger partial charge in [0.05, 0.1) is 11.0 Å². The van der Waals surface area contributed by atoms with Gasteiger partial charge in [0.1, 0.15) is 0 Å². The zero-order valence-electron chi connectivity index (χ0n) is 12.9. The van der Waals surface area contributed by atoms with E-state index in [4.69, 9.17) is 10.5 Å². The lowest BCUT2D eigenvalue weighted by Gasteiger charge is -2.32. The quantitative estimate of drug-likeness (QED) is 0.864. The fraction of sp³-hybridized carbons (Fsp3) is 0.600. The van der Waals surface area contributed by atoms with Crippen LogP contribution in [0.1, 0.15) is 30.9 Å². The summed E-state index contributed by atoms with van der Waals surface area (Å²) in [5, 5.41) is 0. The van der Waals surface area contributed by atoms with E-state index in [1.54, 1.807) is 19.1 Å². The molecular formula is C15H24N2O3S. The van der Waals surface area contributed by atoms with Crippen LogP contribution in [0.2, 0.25) is 0 Å². The zero-order chi connectivity index (χ0) is 15.6. The normalized spacial score (nSPS) is 20.6. The summed E-state index contributed by atoms with van der Waals surface area (Å²) < 4.78 is 33.0. The van der Waals surface area contributed by atoms with Gasteiger partial charge < -0.3 is 10.5 Å². The molecule has 0 aromatic heterocycles. The Morgan fingerprint density at radius 3 is 2.76 bits per heavy atom. The number of aryl methyl sites for hydroxylation is 1. The second-order valence-corrected chi connectivity index (χ2v) is 7.38. The van der Waals surface area contributed by atoms with E-state index in [2.05, 4.69) is 0 Å². The van der Waals surface area contributed by atoms with Crippen LogP contribution in [-0.2, 0) is 14.8 Å². The molecule has 0 amide bonds. The van der Waals surface area contributed by atoms with Crippen LogP contribution in [0.3, 0.4) is 0 Å². The molecule has 0 aliphatic carbocycles. The third-order valence-electron chi connectivity index (χ3n) is 3.99. The van der Waals surface area contributed by atoms with E-state index >= 15 is 0 Å². The lowest BCUT2D eigenvalue weighted by atomic mass is 10.1. The highest BCUT2D eigenvalue weighted by atomic mass is 32.2. The summed E-state index contributed by atoms with van der Waals surface area (Å²) >= 11 is 0. The lowest BCUT2D eigenvalue weighted by Crippen LogP contribution is -2.43. The van der Waals surface area contributed by atoms with Crippen molar-refractivity contribution in [3.63, 3.8) is 0 Å². The topological polar surface area (TPSA) is 72.6 Å². The van der Waals surface area contributed by atoms with Crippen LogP contribution in [0.5, 0.6) is 0 Å². The fourth-order valence-electron chi connectivity index (χ4n) is 2.86. The second-order valence-electron chi connectivity index (χ2n) is 5.51. The van der Waals surface area contributed by atoms with Crippen molar-refractivity contribution in [2.75, 3.05) is 25.4 Å². The van der Waals surface area contributed by atoms with Crippen LogP contribution in [-0.4, -0.2) is 38.5 Å². The maximum absolute atomic E-state index is 12.9. The number of rotatable bonds is 4. The summed E-state index contributed by atoms with van der Waals surface area (Å²) in [5.41, 5.74) is 7.76. The monoisotopic (exact) mass is 312 g/mol. The minimum absolute atomic E-state index is 0.0137. The highest BCUT2D eigenvalue weighted by molar-refractivity contribution is 7.89. The highest BCUT2D eigenvalue weighted by Crippen LogP contribution is 2.29. The van der Waals surface area contributed by atoms with E-state index in [0.29, 0.717) is 35.8 Å². The summed E-state index contributed by atoms with van der Waals surface area (Å²) in [6.45, 7) is 7.07. The van der Waals surface area contributed by atoms with Crippen molar-refractivity contribution in [3.8, 4) is 0 Å². The van der Waals surface area contributed by atoms with Gasteiger partial charge in [-0.1, -0.05) is 6.07 Å². The molecule has 5 nitrogen and oxygen atoms in total. The average molecular weight is 312 g/mol. The Kier molecular flexibility index (Phi) is 4.91. The average Bonchev–Trinajstić information content (AvgIpc) is 2.44. The minimum atomic E-state index is -3.52. The molecule has 1 unspecified atom stereocenters. The van der Waals surface area contributed by atoms with Crippen molar-refractivity contribution in [2.24, 2.45) is 0 Å². The van der Waals surface area contributed by atoms with Gasteiger partial charge in [-0.25, -0.2) is 8.42 Å². The first kappa shape index (κ1) is 16.3. The van der Waals surface area contributed by atoms with Crippen LogP contribution < -0.4 is 5.73 Å². The van der Waals surface area contributed by atoms with Crippen molar-refractivity contribution < 1.29 is 13.2 Å². The van der Waals surface area contributed by atoms with Gasteiger partial charge in [-0.05, 0) is 50.8 Å². The summed E-state index contributed by atoms with van der Waals surface area (Å²) in [6.07, 6.45) is 1.72. The van der Waals surface area contributed by atoms with Crippen molar-refractivity contribution in [2.45, 2.75) is 44.6 Å². The number of benzene rings is 1. The Hall–Kier alpha value is -1.11.